The highest BCUT2D eigenvalue weighted by Gasteiger charge is 2.32. The predicted octanol–water partition coefficient (Wildman–Crippen LogP) is 1.63. The van der Waals surface area contributed by atoms with Gasteiger partial charge in [0.25, 0.3) is 0 Å². The van der Waals surface area contributed by atoms with Gasteiger partial charge in [-0.05, 0) is 39.7 Å². The number of carboxylic acids is 1. The second-order valence-electron chi connectivity index (χ2n) is 8.48. The van der Waals surface area contributed by atoms with Crippen molar-refractivity contribution in [1.29, 1.82) is 0 Å². The number of carbonyl (C=O) groups excluding carboxylic acids is 1. The highest BCUT2D eigenvalue weighted by molar-refractivity contribution is 5.80. The Morgan fingerprint density at radius 2 is 1.67 bits per heavy atom. The molecular weight excluding hydrogens is 310 g/mol. The summed E-state index contributed by atoms with van der Waals surface area (Å²) in [5, 5.41) is 11.9. The number of nitrogens with one attached hydrogen (secondary N) is 1. The van der Waals surface area contributed by atoms with Crippen molar-refractivity contribution in [2.24, 2.45) is 5.41 Å². The van der Waals surface area contributed by atoms with Gasteiger partial charge in [-0.25, -0.2) is 9.59 Å². The molecule has 24 heavy (non-hydrogen) atoms. The Kier molecular flexibility index (Phi) is 7.04. The number of carbonyl (C=O) groups is 2. The van der Waals surface area contributed by atoms with Gasteiger partial charge in [0.05, 0.1) is 0 Å². The second kappa shape index (κ2) is 8.16. The van der Waals surface area contributed by atoms with E-state index < -0.39 is 23.7 Å². The van der Waals surface area contributed by atoms with Crippen molar-refractivity contribution >= 4 is 12.1 Å². The average Bonchev–Trinajstić information content (AvgIpc) is 2.37. The van der Waals surface area contributed by atoms with Crippen LogP contribution in [0.4, 0.5) is 4.79 Å². The molecule has 1 unspecified atom stereocenters. The third-order valence-corrected chi connectivity index (χ3v) is 3.99. The molecule has 140 valence electrons. The lowest BCUT2D eigenvalue weighted by Gasteiger charge is -2.38. The molecule has 7 nitrogen and oxygen atoms in total. The third kappa shape index (κ3) is 7.97. The standard InChI is InChI=1S/C17H33N3O4/c1-16(2,3)24-15(23)18-13(14(21)22)11-17(4,5)12-20-9-7-19(6)8-10-20/h13H,7-12H2,1-6H3,(H,18,23)(H,21,22). The second-order valence-corrected chi connectivity index (χ2v) is 8.48. The van der Waals surface area contributed by atoms with Crippen molar-refractivity contribution in [1.82, 2.24) is 15.1 Å². The first-order valence-corrected chi connectivity index (χ1v) is 8.51. The third-order valence-electron chi connectivity index (χ3n) is 3.99. The summed E-state index contributed by atoms with van der Waals surface area (Å²) in [6.07, 6.45) is -0.334. The van der Waals surface area contributed by atoms with Crippen LogP contribution in [0, 0.1) is 5.41 Å². The number of hydrogen-bond acceptors (Lipinski definition) is 5. The maximum absolute atomic E-state index is 11.9. The van der Waals surface area contributed by atoms with Crippen LogP contribution in [0.5, 0.6) is 0 Å². The van der Waals surface area contributed by atoms with Gasteiger partial charge in [0.1, 0.15) is 11.6 Å². The number of piperazine rings is 1. The summed E-state index contributed by atoms with van der Waals surface area (Å²) in [5.41, 5.74) is -0.879. The minimum atomic E-state index is -1.03. The molecule has 0 aliphatic carbocycles. The van der Waals surface area contributed by atoms with Gasteiger partial charge in [0.2, 0.25) is 0 Å². The summed E-state index contributed by atoms with van der Waals surface area (Å²) >= 11 is 0. The minimum absolute atomic E-state index is 0.228. The van der Waals surface area contributed by atoms with Crippen LogP contribution in [0.3, 0.4) is 0 Å². The lowest BCUT2D eigenvalue weighted by atomic mass is 9.85. The van der Waals surface area contributed by atoms with Gasteiger partial charge >= 0.3 is 12.1 Å². The molecule has 0 radical (unpaired) electrons. The number of hydrogen-bond donors (Lipinski definition) is 2. The molecule has 1 fully saturated rings. The number of rotatable bonds is 6. The van der Waals surface area contributed by atoms with E-state index in [1.165, 1.54) is 0 Å². The molecule has 1 heterocycles. The zero-order valence-corrected chi connectivity index (χ0v) is 15.9. The van der Waals surface area contributed by atoms with Crippen molar-refractivity contribution in [2.75, 3.05) is 39.8 Å². The molecule has 7 heteroatoms. The molecule has 0 aromatic heterocycles. The van der Waals surface area contributed by atoms with E-state index in [4.69, 9.17) is 4.74 Å². The zero-order valence-electron chi connectivity index (χ0n) is 15.9. The first-order chi connectivity index (χ1) is 10.9. The molecule has 1 rings (SSSR count). The van der Waals surface area contributed by atoms with Crippen molar-refractivity contribution in [3.8, 4) is 0 Å². The Morgan fingerprint density at radius 3 is 2.12 bits per heavy atom. The van der Waals surface area contributed by atoms with E-state index in [1.54, 1.807) is 20.8 Å². The summed E-state index contributed by atoms with van der Waals surface area (Å²) < 4.78 is 5.17. The number of alkyl carbamates (subject to hydrolysis) is 1. The highest BCUT2D eigenvalue weighted by Crippen LogP contribution is 2.25. The molecule has 1 amide bonds. The van der Waals surface area contributed by atoms with E-state index in [2.05, 4.69) is 22.2 Å². The number of ether oxygens (including phenoxy) is 1. The number of nitrogens with zero attached hydrogens (tertiary/aromatic N) is 2. The van der Waals surface area contributed by atoms with Gasteiger partial charge in [-0.2, -0.15) is 0 Å². The SMILES string of the molecule is CN1CCN(CC(C)(C)CC(NC(=O)OC(C)(C)C)C(=O)O)CC1. The Labute approximate surface area is 145 Å². The largest absolute Gasteiger partial charge is 0.480 e. The maximum Gasteiger partial charge on any atom is 0.408 e. The number of amides is 1. The van der Waals surface area contributed by atoms with Crippen LogP contribution in [-0.2, 0) is 9.53 Å². The quantitative estimate of drug-likeness (QED) is 0.763. The first kappa shape index (κ1) is 20.7. The lowest BCUT2D eigenvalue weighted by Crippen LogP contribution is -2.50. The van der Waals surface area contributed by atoms with Gasteiger partial charge in [-0.15, -0.1) is 0 Å². The van der Waals surface area contributed by atoms with Crippen LogP contribution in [0.15, 0.2) is 0 Å². The van der Waals surface area contributed by atoms with E-state index in [0.29, 0.717) is 6.42 Å². The Balaban J connectivity index is 2.59. The van der Waals surface area contributed by atoms with Crippen LogP contribution in [0.25, 0.3) is 0 Å². The smallest absolute Gasteiger partial charge is 0.408 e. The fraction of sp³-hybridized carbons (Fsp3) is 0.882. The fourth-order valence-corrected chi connectivity index (χ4v) is 2.88. The van der Waals surface area contributed by atoms with E-state index in [1.807, 2.05) is 13.8 Å². The number of likely N-dealkylation sites (N-methyl/N-ethyl adjacent to an activating group) is 1. The van der Waals surface area contributed by atoms with Gasteiger partial charge in [-0.1, -0.05) is 13.8 Å². The van der Waals surface area contributed by atoms with Crippen LogP contribution < -0.4 is 5.32 Å². The van der Waals surface area contributed by atoms with Crippen molar-refractivity contribution in [3.63, 3.8) is 0 Å². The van der Waals surface area contributed by atoms with Crippen LogP contribution in [-0.4, -0.2) is 78.4 Å². The van der Waals surface area contributed by atoms with Crippen LogP contribution in [0.2, 0.25) is 0 Å². The van der Waals surface area contributed by atoms with Crippen LogP contribution >= 0.6 is 0 Å². The van der Waals surface area contributed by atoms with Crippen LogP contribution in [0.1, 0.15) is 41.0 Å². The minimum Gasteiger partial charge on any atom is -0.480 e. The van der Waals surface area contributed by atoms with Crippen molar-refractivity contribution < 1.29 is 19.4 Å². The molecule has 2 N–H and O–H groups in total. The molecule has 1 saturated heterocycles. The molecule has 0 aromatic carbocycles. The number of carboxylic acid groups (broad SMARTS) is 1. The summed E-state index contributed by atoms with van der Waals surface area (Å²) in [7, 11) is 2.10. The monoisotopic (exact) mass is 343 g/mol. The lowest BCUT2D eigenvalue weighted by molar-refractivity contribution is -0.140. The molecule has 0 aromatic rings. The predicted molar refractivity (Wildman–Crippen MR) is 93.1 cm³/mol. The molecule has 1 aliphatic rings. The van der Waals surface area contributed by atoms with Gasteiger partial charge in [0, 0.05) is 32.7 Å². The van der Waals surface area contributed by atoms with E-state index in [0.717, 1.165) is 32.7 Å². The first-order valence-electron chi connectivity index (χ1n) is 8.51. The van der Waals surface area contributed by atoms with Crippen molar-refractivity contribution in [3.05, 3.63) is 0 Å². The zero-order chi connectivity index (χ0) is 18.5. The van der Waals surface area contributed by atoms with E-state index in [9.17, 15) is 14.7 Å². The fourth-order valence-electron chi connectivity index (χ4n) is 2.88. The normalized spacial score (nSPS) is 18.9. The maximum atomic E-state index is 11.9. The number of aliphatic carboxylic acids is 1. The summed E-state index contributed by atoms with van der Waals surface area (Å²) in [6, 6.07) is -0.956. The summed E-state index contributed by atoms with van der Waals surface area (Å²) in [4.78, 5) is 28.0. The molecule has 1 aliphatic heterocycles. The van der Waals surface area contributed by atoms with Crippen molar-refractivity contribution in [2.45, 2.75) is 52.7 Å². The van der Waals surface area contributed by atoms with Gasteiger partial charge in [-0.3, -0.25) is 0 Å². The Morgan fingerprint density at radius 1 is 1.12 bits per heavy atom. The molecule has 1 atom stereocenters. The highest BCUT2D eigenvalue weighted by atomic mass is 16.6. The van der Waals surface area contributed by atoms with E-state index in [-0.39, 0.29) is 5.41 Å². The molecule has 0 spiro atoms. The Bertz CT molecular complexity index is 438. The molecule has 0 saturated carbocycles. The summed E-state index contributed by atoms with van der Waals surface area (Å²) in [6.45, 7) is 14.1. The summed E-state index contributed by atoms with van der Waals surface area (Å²) in [5.74, 6) is -1.03. The molecular formula is C17H33N3O4. The van der Waals surface area contributed by atoms with E-state index >= 15 is 0 Å². The molecule has 0 bridgehead atoms. The van der Waals surface area contributed by atoms with Gasteiger partial charge < -0.3 is 25.0 Å². The average molecular weight is 343 g/mol. The topological polar surface area (TPSA) is 82.1 Å². The van der Waals surface area contributed by atoms with Gasteiger partial charge in [0.15, 0.2) is 0 Å². The Hall–Kier alpha value is -1.34.